The third kappa shape index (κ3) is 7.74. The van der Waals surface area contributed by atoms with Gasteiger partial charge in [0.25, 0.3) is 0 Å². The maximum absolute atomic E-state index is 8.50. The number of hydrogen-bond acceptors (Lipinski definition) is 2. The fourth-order valence-electron chi connectivity index (χ4n) is 12.0. The minimum Gasteiger partial charge on any atom is -0.310 e. The summed E-state index contributed by atoms with van der Waals surface area (Å²) in [6.45, 7) is 0. The molecule has 0 bridgehead atoms. The molecule has 4 nitrogen and oxygen atoms in total. The van der Waals surface area contributed by atoms with Gasteiger partial charge in [-0.2, -0.15) is 0 Å². The highest BCUT2D eigenvalue weighted by Crippen LogP contribution is 2.44. The largest absolute Gasteiger partial charge is 0.310 e. The van der Waals surface area contributed by atoms with E-state index in [1.54, 1.807) is 24.3 Å². The summed E-state index contributed by atoms with van der Waals surface area (Å²) in [5, 5.41) is 4.54. The van der Waals surface area contributed by atoms with Crippen LogP contribution < -0.4 is 9.80 Å². The van der Waals surface area contributed by atoms with Gasteiger partial charge in [-0.05, 0) is 202 Å². The second kappa shape index (κ2) is 18.8. The molecule has 4 heteroatoms. The minimum absolute atomic E-state index is 0.392. The zero-order chi connectivity index (χ0) is 59.8. The quantitative estimate of drug-likeness (QED) is 0.128. The van der Waals surface area contributed by atoms with E-state index in [0.29, 0.717) is 22.3 Å². The number of aryl methyl sites for hydroxylation is 4. The second-order valence-corrected chi connectivity index (χ2v) is 20.7. The molecular weight excluding hydrogens is 969 g/mol. The maximum atomic E-state index is 8.50. The molecule has 0 spiro atoms. The Morgan fingerprint density at radius 1 is 0.237 bits per heavy atom. The normalized spacial score (nSPS) is 16.6. The van der Waals surface area contributed by atoms with Crippen LogP contribution in [-0.4, -0.2) is 9.13 Å². The monoisotopic (exact) mass is 1030 g/mol. The number of nitrogens with zero attached hydrogens (tertiary/aromatic N) is 4. The van der Waals surface area contributed by atoms with Gasteiger partial charge in [-0.1, -0.05) is 158 Å². The van der Waals surface area contributed by atoms with Gasteiger partial charge < -0.3 is 18.9 Å². The Morgan fingerprint density at radius 3 is 0.925 bits per heavy atom. The number of hydrogen-bond donors (Lipinski definition) is 0. The van der Waals surface area contributed by atoms with Crippen LogP contribution in [0.5, 0.6) is 0 Å². The van der Waals surface area contributed by atoms with E-state index in [9.17, 15) is 0 Å². The smallest absolute Gasteiger partial charge is 0.0542 e. The Hall–Kier alpha value is -10.2. The predicted molar refractivity (Wildman–Crippen MR) is 336 cm³/mol. The van der Waals surface area contributed by atoms with Crippen LogP contribution in [0.4, 0.5) is 34.1 Å². The lowest BCUT2D eigenvalue weighted by atomic mass is 9.86. The van der Waals surface area contributed by atoms with Crippen LogP contribution in [0.25, 0.3) is 88.4 Å². The molecule has 2 aromatic heterocycles. The summed E-state index contributed by atoms with van der Waals surface area (Å²) in [5.41, 5.74) is 19.5. The maximum Gasteiger partial charge on any atom is 0.0542 e. The Labute approximate surface area is 477 Å². The summed E-state index contributed by atoms with van der Waals surface area (Å²) in [6, 6.07) is 96.0. The molecule has 80 heavy (non-hydrogen) atoms. The first-order valence-electron chi connectivity index (χ1n) is 31.1. The second-order valence-electron chi connectivity index (χ2n) is 20.7. The van der Waals surface area contributed by atoms with Crippen molar-refractivity contribution in [3.8, 4) is 44.8 Å². The molecule has 378 valence electrons. The third-order valence-corrected chi connectivity index (χ3v) is 16.1. The molecule has 0 aliphatic heterocycles. The topological polar surface area (TPSA) is 16.3 Å². The number of benzene rings is 12. The number of aromatic nitrogens is 2. The van der Waals surface area contributed by atoms with Gasteiger partial charge in [0.2, 0.25) is 0 Å². The van der Waals surface area contributed by atoms with Crippen molar-refractivity contribution in [3.63, 3.8) is 0 Å². The summed E-state index contributed by atoms with van der Waals surface area (Å²) in [5.74, 6) is 0. The van der Waals surface area contributed by atoms with Crippen molar-refractivity contribution in [3.05, 3.63) is 301 Å². The van der Waals surface area contributed by atoms with E-state index in [0.717, 1.165) is 122 Å². The standard InChI is InChI=1S/C76H54N4/c1-3-11-61(12-4-1)79-73-17-9-7-15-69(73)71-49-67(43-45-75(71)79)77(65-39-31-55(32-40-65)59-25-21-53-19-23-57(53)47-59)63-35-27-51(28-36-63)52-29-37-64(38-30-52)78(66-41-33-56(34-42-66)60-26-22-54-20-24-58(54)48-60)68-44-46-76-72(50-68)70-16-8-10-18-74(70)80(76)62-13-5-2-6-14-62/h1-18,21-22,25-50H,19-20,23-24H2/i19D2,20D2,23D2,24D2. The molecule has 0 unspecified atom stereocenters. The molecule has 0 N–H and O–H groups in total. The van der Waals surface area contributed by atoms with Gasteiger partial charge in [0, 0.05) is 78.0 Å². The molecule has 2 aliphatic rings. The molecule has 0 amide bonds. The van der Waals surface area contributed by atoms with Gasteiger partial charge in [0.15, 0.2) is 0 Å². The van der Waals surface area contributed by atoms with Crippen LogP contribution in [0.2, 0.25) is 0 Å². The molecule has 2 heterocycles. The molecule has 0 saturated carbocycles. The molecule has 14 aromatic rings. The first-order valence-corrected chi connectivity index (χ1v) is 27.1. The third-order valence-electron chi connectivity index (χ3n) is 16.1. The van der Waals surface area contributed by atoms with Gasteiger partial charge in [-0.3, -0.25) is 0 Å². The summed E-state index contributed by atoms with van der Waals surface area (Å²) in [4.78, 5) is 4.54. The molecule has 0 fully saturated rings. The zero-order valence-corrected chi connectivity index (χ0v) is 43.3. The summed E-state index contributed by atoms with van der Waals surface area (Å²) in [7, 11) is 0. The van der Waals surface area contributed by atoms with Crippen LogP contribution in [0.1, 0.15) is 33.2 Å². The molecule has 0 saturated heterocycles. The SMILES string of the molecule is [2H]C1([2H])c2ccc(-c3ccc(N(c4ccc(-c5ccc(N(c6ccc(-c7ccc8c(c7)C([2H])([2H])C8([2H])[2H])cc6)c6ccc7c(c6)c6ccccc6n7-c6ccccc6)cc5)cc4)c4ccc5c(c4)c4ccccc4n5-c4ccccc4)cc3)cc2C1([2H])[2H]. The molecule has 0 radical (unpaired) electrons. The van der Waals surface area contributed by atoms with Crippen LogP contribution in [0.3, 0.4) is 0 Å². The number of rotatable bonds is 11. The highest BCUT2D eigenvalue weighted by Gasteiger charge is 2.22. The van der Waals surface area contributed by atoms with E-state index in [-0.39, 0.29) is 0 Å². The summed E-state index contributed by atoms with van der Waals surface area (Å²) >= 11 is 0. The number of fused-ring (bicyclic) bond motifs is 8. The number of anilines is 6. The zero-order valence-electron chi connectivity index (χ0n) is 51.3. The Bertz CT molecular complexity index is 4760. The molecule has 16 rings (SSSR count). The minimum atomic E-state index is -2.07. The van der Waals surface area contributed by atoms with Crippen molar-refractivity contribution in [2.24, 2.45) is 0 Å². The average Bonchev–Trinajstić information content (AvgIpc) is 1.05. The van der Waals surface area contributed by atoms with E-state index >= 15 is 0 Å². The van der Waals surface area contributed by atoms with E-state index in [4.69, 9.17) is 11.0 Å². The van der Waals surface area contributed by atoms with E-state index in [1.807, 2.05) is 24.3 Å². The van der Waals surface area contributed by atoms with Gasteiger partial charge in [-0.15, -0.1) is 0 Å². The first kappa shape index (κ1) is 38.4. The van der Waals surface area contributed by atoms with Crippen LogP contribution in [0, 0.1) is 0 Å². The summed E-state index contributed by atoms with van der Waals surface area (Å²) < 4.78 is 71.9. The molecule has 2 aliphatic carbocycles. The van der Waals surface area contributed by atoms with Crippen molar-refractivity contribution in [2.45, 2.75) is 25.5 Å². The van der Waals surface area contributed by atoms with Crippen molar-refractivity contribution in [1.82, 2.24) is 9.13 Å². The van der Waals surface area contributed by atoms with Gasteiger partial charge in [-0.25, -0.2) is 0 Å². The Balaban J connectivity index is 0.772. The molecule has 0 atom stereocenters. The summed E-state index contributed by atoms with van der Waals surface area (Å²) in [6.07, 6.45) is -8.20. The van der Waals surface area contributed by atoms with Gasteiger partial charge in [0.1, 0.15) is 0 Å². The van der Waals surface area contributed by atoms with Crippen LogP contribution in [-0.2, 0) is 25.5 Å². The lowest BCUT2D eigenvalue weighted by Gasteiger charge is -2.27. The van der Waals surface area contributed by atoms with E-state index in [2.05, 4.69) is 249 Å². The van der Waals surface area contributed by atoms with Crippen LogP contribution in [0.15, 0.2) is 279 Å². The predicted octanol–water partition coefficient (Wildman–Crippen LogP) is 20.0. The molecule has 12 aromatic carbocycles. The van der Waals surface area contributed by atoms with Gasteiger partial charge in [0.05, 0.1) is 22.1 Å². The first-order chi connectivity index (χ1) is 42.7. The molecular formula is C76H54N4. The highest BCUT2D eigenvalue weighted by atomic mass is 15.1. The van der Waals surface area contributed by atoms with Crippen molar-refractivity contribution < 1.29 is 11.0 Å². The van der Waals surface area contributed by atoms with E-state index in [1.165, 1.54) is 0 Å². The van der Waals surface area contributed by atoms with Crippen molar-refractivity contribution in [2.75, 3.05) is 9.80 Å². The van der Waals surface area contributed by atoms with Crippen LogP contribution >= 0.6 is 0 Å². The van der Waals surface area contributed by atoms with Gasteiger partial charge >= 0.3 is 0 Å². The lowest BCUT2D eigenvalue weighted by molar-refractivity contribution is 0.840. The highest BCUT2D eigenvalue weighted by molar-refractivity contribution is 6.12. The lowest BCUT2D eigenvalue weighted by Crippen LogP contribution is -2.10. The number of para-hydroxylation sites is 4. The van der Waals surface area contributed by atoms with E-state index < -0.39 is 25.5 Å². The van der Waals surface area contributed by atoms with Crippen molar-refractivity contribution >= 4 is 77.7 Å². The fraction of sp³-hybridized carbons (Fsp3) is 0.0526. The Morgan fingerprint density at radius 2 is 0.537 bits per heavy atom. The van der Waals surface area contributed by atoms with Crippen molar-refractivity contribution in [1.29, 1.82) is 0 Å². The Kier molecular flexibility index (Phi) is 9.02. The average molecular weight is 1030 g/mol. The fourth-order valence-corrected chi connectivity index (χ4v) is 12.0.